The third-order valence-corrected chi connectivity index (χ3v) is 4.46. The molecule has 1 unspecified atom stereocenters. The fourth-order valence-corrected chi connectivity index (χ4v) is 2.49. The van der Waals surface area contributed by atoms with E-state index in [1.165, 1.54) is 33.3 Å². The van der Waals surface area contributed by atoms with Gasteiger partial charge in [-0.05, 0) is 55.9 Å². The van der Waals surface area contributed by atoms with Gasteiger partial charge >= 0.3 is 0 Å². The van der Waals surface area contributed by atoms with Gasteiger partial charge in [0.05, 0.1) is 5.52 Å². The van der Waals surface area contributed by atoms with Crippen molar-refractivity contribution < 1.29 is 0 Å². The van der Waals surface area contributed by atoms with Crippen molar-refractivity contribution in [2.45, 2.75) is 66.5 Å². The summed E-state index contributed by atoms with van der Waals surface area (Å²) in [7, 11) is 0. The third kappa shape index (κ3) is 3.44. The number of aryl methyl sites for hydroxylation is 2. The first-order valence-electron chi connectivity index (χ1n) is 8.07. The van der Waals surface area contributed by atoms with Crippen LogP contribution in [0.5, 0.6) is 0 Å². The van der Waals surface area contributed by atoms with Gasteiger partial charge in [0.1, 0.15) is 0 Å². The lowest BCUT2D eigenvalue weighted by Gasteiger charge is -2.17. The molecule has 0 aliphatic heterocycles. The van der Waals surface area contributed by atoms with Gasteiger partial charge in [-0.1, -0.05) is 32.9 Å². The van der Waals surface area contributed by atoms with E-state index in [-0.39, 0.29) is 0 Å². The molecule has 114 valence electrons. The van der Waals surface area contributed by atoms with Crippen molar-refractivity contribution in [3.05, 3.63) is 40.6 Å². The molecule has 0 bridgehead atoms. The number of hydrogen-bond acceptors (Lipinski definition) is 2. The van der Waals surface area contributed by atoms with Gasteiger partial charge < -0.3 is 5.32 Å². The first-order valence-corrected chi connectivity index (χ1v) is 8.07. The molecule has 2 heteroatoms. The molecule has 2 aromatic rings. The second kappa shape index (κ2) is 6.57. The lowest BCUT2D eigenvalue weighted by molar-refractivity contribution is 0.535. The molecule has 1 aromatic heterocycles. The average molecular weight is 284 g/mol. The number of nitrogens with one attached hydrogen (secondary N) is 1. The van der Waals surface area contributed by atoms with Gasteiger partial charge in [0.15, 0.2) is 0 Å². The van der Waals surface area contributed by atoms with E-state index in [9.17, 15) is 0 Å². The van der Waals surface area contributed by atoms with Crippen LogP contribution in [0.25, 0.3) is 10.9 Å². The molecule has 0 saturated carbocycles. The molecular weight excluding hydrogens is 256 g/mol. The second-order valence-electron chi connectivity index (χ2n) is 6.45. The summed E-state index contributed by atoms with van der Waals surface area (Å²) in [6.07, 6.45) is 1.15. The molecule has 2 nitrogen and oxygen atoms in total. The molecule has 1 aromatic carbocycles. The first-order chi connectivity index (χ1) is 9.93. The lowest BCUT2D eigenvalue weighted by atomic mass is 9.98. The lowest BCUT2D eigenvalue weighted by Crippen LogP contribution is -2.24. The van der Waals surface area contributed by atoms with Crippen molar-refractivity contribution in [1.82, 2.24) is 10.3 Å². The van der Waals surface area contributed by atoms with Crippen molar-refractivity contribution in [3.63, 3.8) is 0 Å². The Morgan fingerprint density at radius 3 is 2.48 bits per heavy atom. The van der Waals surface area contributed by atoms with Gasteiger partial charge in [0, 0.05) is 23.7 Å². The Morgan fingerprint density at radius 2 is 1.86 bits per heavy atom. The molecule has 0 saturated heterocycles. The van der Waals surface area contributed by atoms with Crippen molar-refractivity contribution in [2.75, 3.05) is 0 Å². The fourth-order valence-electron chi connectivity index (χ4n) is 2.49. The zero-order valence-corrected chi connectivity index (χ0v) is 14.2. The number of aromatic nitrogens is 1. The Hall–Kier alpha value is -1.41. The molecule has 1 N–H and O–H groups in total. The molecule has 0 spiro atoms. The summed E-state index contributed by atoms with van der Waals surface area (Å²) in [6.45, 7) is 14.1. The summed E-state index contributed by atoms with van der Waals surface area (Å²) in [5, 5.41) is 4.90. The van der Waals surface area contributed by atoms with Crippen molar-refractivity contribution in [3.8, 4) is 0 Å². The number of rotatable bonds is 5. The molecule has 0 aliphatic rings. The van der Waals surface area contributed by atoms with Crippen LogP contribution in [-0.2, 0) is 6.54 Å². The zero-order chi connectivity index (χ0) is 15.6. The summed E-state index contributed by atoms with van der Waals surface area (Å²) in [5.74, 6) is 0.455. The highest BCUT2D eigenvalue weighted by atomic mass is 14.9. The van der Waals surface area contributed by atoms with E-state index in [1.54, 1.807) is 0 Å². The van der Waals surface area contributed by atoms with Crippen molar-refractivity contribution >= 4 is 10.9 Å². The minimum atomic E-state index is 0.455. The van der Waals surface area contributed by atoms with E-state index in [4.69, 9.17) is 4.98 Å². The smallest absolute Gasteiger partial charge is 0.0740 e. The van der Waals surface area contributed by atoms with E-state index < -0.39 is 0 Å². The highest BCUT2D eigenvalue weighted by Crippen LogP contribution is 2.26. The van der Waals surface area contributed by atoms with Crippen LogP contribution in [0.1, 0.15) is 62.4 Å². The maximum Gasteiger partial charge on any atom is 0.0740 e. The number of fused-ring (bicyclic) bond motifs is 1. The van der Waals surface area contributed by atoms with Gasteiger partial charge in [-0.15, -0.1) is 0 Å². The summed E-state index contributed by atoms with van der Waals surface area (Å²) < 4.78 is 0. The number of nitrogens with zero attached hydrogens (tertiary/aromatic N) is 1. The van der Waals surface area contributed by atoms with Crippen LogP contribution in [0.2, 0.25) is 0 Å². The number of pyridine rings is 1. The summed E-state index contributed by atoms with van der Waals surface area (Å²) in [4.78, 5) is 4.92. The summed E-state index contributed by atoms with van der Waals surface area (Å²) in [5.41, 5.74) is 6.35. The van der Waals surface area contributed by atoms with Gasteiger partial charge in [-0.3, -0.25) is 4.98 Å². The SMILES string of the molecule is CCC(C)NCc1cc(C(C)C)nc2c(C)c(C)ccc12. The maximum atomic E-state index is 4.92. The van der Waals surface area contributed by atoms with Gasteiger partial charge in [0.25, 0.3) is 0 Å². The van der Waals surface area contributed by atoms with E-state index >= 15 is 0 Å². The number of benzene rings is 1. The minimum Gasteiger partial charge on any atom is -0.310 e. The predicted octanol–water partition coefficient (Wildman–Crippen LogP) is 4.86. The monoisotopic (exact) mass is 284 g/mol. The molecule has 2 rings (SSSR count). The Kier molecular flexibility index (Phi) is 5.00. The standard InChI is InChI=1S/C19H28N2/c1-7-14(5)20-11-16-10-18(12(2)3)21-19-15(6)13(4)8-9-17(16)19/h8-10,12,14,20H,7,11H2,1-6H3. The molecule has 0 radical (unpaired) electrons. The van der Waals surface area contributed by atoms with E-state index in [0.717, 1.165) is 13.0 Å². The first kappa shape index (κ1) is 16.0. The fraction of sp³-hybridized carbons (Fsp3) is 0.526. The molecule has 21 heavy (non-hydrogen) atoms. The Labute approximate surface area is 129 Å². The Morgan fingerprint density at radius 1 is 1.14 bits per heavy atom. The van der Waals surface area contributed by atoms with Crippen LogP contribution >= 0.6 is 0 Å². The van der Waals surface area contributed by atoms with Gasteiger partial charge in [-0.25, -0.2) is 0 Å². The van der Waals surface area contributed by atoms with Crippen LogP contribution < -0.4 is 5.32 Å². The summed E-state index contributed by atoms with van der Waals surface area (Å²) in [6, 6.07) is 7.25. The third-order valence-electron chi connectivity index (χ3n) is 4.46. The summed E-state index contributed by atoms with van der Waals surface area (Å²) >= 11 is 0. The quantitative estimate of drug-likeness (QED) is 0.848. The highest BCUT2D eigenvalue weighted by Gasteiger charge is 2.11. The highest BCUT2D eigenvalue weighted by molar-refractivity contribution is 5.86. The van der Waals surface area contributed by atoms with Gasteiger partial charge in [-0.2, -0.15) is 0 Å². The van der Waals surface area contributed by atoms with Crippen molar-refractivity contribution in [1.29, 1.82) is 0 Å². The van der Waals surface area contributed by atoms with Crippen LogP contribution in [-0.4, -0.2) is 11.0 Å². The molecule has 0 amide bonds. The Balaban J connectivity index is 2.53. The normalized spacial score (nSPS) is 13.1. The van der Waals surface area contributed by atoms with Gasteiger partial charge in [0.2, 0.25) is 0 Å². The molecule has 1 heterocycles. The van der Waals surface area contributed by atoms with Crippen LogP contribution in [0.3, 0.4) is 0 Å². The van der Waals surface area contributed by atoms with E-state index in [2.05, 4.69) is 65.1 Å². The maximum absolute atomic E-state index is 4.92. The topological polar surface area (TPSA) is 24.9 Å². The van der Waals surface area contributed by atoms with Crippen LogP contribution in [0, 0.1) is 13.8 Å². The zero-order valence-electron chi connectivity index (χ0n) is 14.2. The number of hydrogen-bond donors (Lipinski definition) is 1. The Bertz CT molecular complexity index is 629. The average Bonchev–Trinajstić information content (AvgIpc) is 2.47. The predicted molar refractivity (Wildman–Crippen MR) is 91.9 cm³/mol. The second-order valence-corrected chi connectivity index (χ2v) is 6.45. The molecule has 0 fully saturated rings. The molecule has 1 atom stereocenters. The molecule has 0 aliphatic carbocycles. The van der Waals surface area contributed by atoms with E-state index in [1.807, 2.05) is 0 Å². The van der Waals surface area contributed by atoms with Crippen LogP contribution in [0.4, 0.5) is 0 Å². The molecular formula is C19H28N2. The van der Waals surface area contributed by atoms with Crippen LogP contribution in [0.15, 0.2) is 18.2 Å². The van der Waals surface area contributed by atoms with E-state index in [0.29, 0.717) is 12.0 Å². The van der Waals surface area contributed by atoms with Crippen molar-refractivity contribution in [2.24, 2.45) is 0 Å². The largest absolute Gasteiger partial charge is 0.310 e. The minimum absolute atomic E-state index is 0.455.